The van der Waals surface area contributed by atoms with E-state index < -0.39 is 0 Å². The van der Waals surface area contributed by atoms with E-state index >= 15 is 0 Å². The van der Waals surface area contributed by atoms with Crippen molar-refractivity contribution in [3.8, 4) is 0 Å². The highest BCUT2D eigenvalue weighted by Gasteiger charge is 2.16. The Bertz CT molecular complexity index is 426. The van der Waals surface area contributed by atoms with Crippen LogP contribution in [0.3, 0.4) is 0 Å². The zero-order valence-electron chi connectivity index (χ0n) is 8.34. The Morgan fingerprint density at radius 2 is 2.33 bits per heavy atom. The van der Waals surface area contributed by atoms with Crippen molar-refractivity contribution in [2.24, 2.45) is 5.84 Å². The Kier molecular flexibility index (Phi) is 3.05. The maximum Gasteiger partial charge on any atom is 0.0991 e. The monoisotopic (exact) mass is 220 g/mol. The maximum absolute atomic E-state index is 5.55. The first kappa shape index (κ1) is 10.2. The number of nitrogens with zero attached hydrogens (tertiary/aromatic N) is 2. The highest BCUT2D eigenvalue weighted by Crippen LogP contribution is 2.27. The minimum Gasteiger partial charge on any atom is -0.270 e. The molecule has 0 saturated heterocycles. The van der Waals surface area contributed by atoms with Crippen molar-refractivity contribution < 1.29 is 0 Å². The molecule has 0 amide bonds. The summed E-state index contributed by atoms with van der Waals surface area (Å²) < 4.78 is 0. The average Bonchev–Trinajstić information content (AvgIpc) is 2.68. The van der Waals surface area contributed by atoms with Gasteiger partial charge in [0.15, 0.2) is 0 Å². The van der Waals surface area contributed by atoms with E-state index in [0.29, 0.717) is 0 Å². The standard InChI is InChI=1S/C10H12N4S/c1-7-2-5-15-10(7)9(14-11)8-6-12-3-4-13-8/h2-6,9,14H,11H2,1H3. The van der Waals surface area contributed by atoms with E-state index in [-0.39, 0.29) is 6.04 Å². The molecule has 0 aromatic carbocycles. The molecule has 0 fully saturated rings. The minimum atomic E-state index is -0.0706. The van der Waals surface area contributed by atoms with Gasteiger partial charge >= 0.3 is 0 Å². The number of aromatic nitrogens is 2. The second kappa shape index (κ2) is 4.48. The third kappa shape index (κ3) is 2.04. The van der Waals surface area contributed by atoms with Crippen LogP contribution in [0.15, 0.2) is 30.0 Å². The lowest BCUT2D eigenvalue weighted by atomic mass is 10.1. The van der Waals surface area contributed by atoms with Crippen LogP contribution in [0.25, 0.3) is 0 Å². The van der Waals surface area contributed by atoms with E-state index in [1.807, 2.05) is 5.38 Å². The minimum absolute atomic E-state index is 0.0706. The van der Waals surface area contributed by atoms with Crippen LogP contribution >= 0.6 is 11.3 Å². The maximum atomic E-state index is 5.55. The Hall–Kier alpha value is -1.30. The first-order valence-electron chi connectivity index (χ1n) is 4.59. The van der Waals surface area contributed by atoms with Crippen LogP contribution in [0.5, 0.6) is 0 Å². The third-order valence-corrected chi connectivity index (χ3v) is 3.29. The van der Waals surface area contributed by atoms with Gasteiger partial charge in [-0.1, -0.05) is 0 Å². The fourth-order valence-electron chi connectivity index (χ4n) is 1.44. The van der Waals surface area contributed by atoms with E-state index in [2.05, 4.69) is 28.4 Å². The zero-order valence-corrected chi connectivity index (χ0v) is 9.16. The molecule has 0 bridgehead atoms. The molecular formula is C10H12N4S. The molecule has 0 aliphatic carbocycles. The third-order valence-electron chi connectivity index (χ3n) is 2.21. The van der Waals surface area contributed by atoms with Gasteiger partial charge in [-0.05, 0) is 23.9 Å². The smallest absolute Gasteiger partial charge is 0.0991 e. The van der Waals surface area contributed by atoms with Gasteiger partial charge in [-0.3, -0.25) is 15.8 Å². The topological polar surface area (TPSA) is 63.8 Å². The molecule has 2 aromatic rings. The molecule has 5 heteroatoms. The summed E-state index contributed by atoms with van der Waals surface area (Å²) in [5.41, 5.74) is 4.82. The highest BCUT2D eigenvalue weighted by molar-refractivity contribution is 7.10. The number of thiophene rings is 1. The fraction of sp³-hybridized carbons (Fsp3) is 0.200. The van der Waals surface area contributed by atoms with E-state index in [4.69, 9.17) is 5.84 Å². The SMILES string of the molecule is Cc1ccsc1C(NN)c1cnccn1. The Morgan fingerprint density at radius 1 is 1.47 bits per heavy atom. The van der Waals surface area contributed by atoms with Crippen molar-refractivity contribution in [2.45, 2.75) is 13.0 Å². The van der Waals surface area contributed by atoms with Crippen LogP contribution in [-0.2, 0) is 0 Å². The number of hydrazine groups is 1. The number of aryl methyl sites for hydroxylation is 1. The van der Waals surface area contributed by atoms with Crippen molar-refractivity contribution in [1.29, 1.82) is 0 Å². The number of nitrogens with one attached hydrogen (secondary N) is 1. The molecule has 3 N–H and O–H groups in total. The van der Waals surface area contributed by atoms with Gasteiger partial charge in [-0.25, -0.2) is 5.43 Å². The van der Waals surface area contributed by atoms with Crippen LogP contribution in [0.4, 0.5) is 0 Å². The van der Waals surface area contributed by atoms with E-state index in [1.165, 1.54) is 10.4 Å². The molecule has 15 heavy (non-hydrogen) atoms. The molecule has 2 heterocycles. The van der Waals surface area contributed by atoms with Crippen molar-refractivity contribution in [1.82, 2.24) is 15.4 Å². The van der Waals surface area contributed by atoms with Crippen LogP contribution < -0.4 is 11.3 Å². The van der Waals surface area contributed by atoms with Gasteiger partial charge in [0.25, 0.3) is 0 Å². The molecule has 1 unspecified atom stereocenters. The lowest BCUT2D eigenvalue weighted by Gasteiger charge is -2.14. The van der Waals surface area contributed by atoms with Gasteiger partial charge < -0.3 is 0 Å². The predicted octanol–water partition coefficient (Wildman–Crippen LogP) is 1.40. The van der Waals surface area contributed by atoms with E-state index in [1.54, 1.807) is 29.9 Å². The number of nitrogens with two attached hydrogens (primary N) is 1. The molecule has 0 aliphatic heterocycles. The molecule has 0 saturated carbocycles. The lowest BCUT2D eigenvalue weighted by molar-refractivity contribution is 0.624. The Morgan fingerprint density at radius 3 is 2.87 bits per heavy atom. The normalized spacial score (nSPS) is 12.7. The number of hydrogen-bond acceptors (Lipinski definition) is 5. The molecular weight excluding hydrogens is 208 g/mol. The second-order valence-electron chi connectivity index (χ2n) is 3.20. The van der Waals surface area contributed by atoms with Crippen molar-refractivity contribution in [3.05, 3.63) is 46.2 Å². The summed E-state index contributed by atoms with van der Waals surface area (Å²) in [6.45, 7) is 2.06. The van der Waals surface area contributed by atoms with Gasteiger partial charge in [0.1, 0.15) is 0 Å². The summed E-state index contributed by atoms with van der Waals surface area (Å²) in [6, 6.07) is 2.00. The fourth-order valence-corrected chi connectivity index (χ4v) is 2.43. The summed E-state index contributed by atoms with van der Waals surface area (Å²) >= 11 is 1.67. The summed E-state index contributed by atoms with van der Waals surface area (Å²) in [4.78, 5) is 9.47. The van der Waals surface area contributed by atoms with Gasteiger partial charge in [-0.2, -0.15) is 0 Å². The largest absolute Gasteiger partial charge is 0.270 e. The summed E-state index contributed by atoms with van der Waals surface area (Å²) in [5.74, 6) is 5.55. The molecule has 4 nitrogen and oxygen atoms in total. The van der Waals surface area contributed by atoms with Crippen molar-refractivity contribution >= 4 is 11.3 Å². The van der Waals surface area contributed by atoms with Gasteiger partial charge in [-0.15, -0.1) is 11.3 Å². The van der Waals surface area contributed by atoms with Crippen LogP contribution in [0.2, 0.25) is 0 Å². The quantitative estimate of drug-likeness (QED) is 0.606. The van der Waals surface area contributed by atoms with Crippen LogP contribution in [0, 0.1) is 6.92 Å². The van der Waals surface area contributed by atoms with Crippen molar-refractivity contribution in [2.75, 3.05) is 0 Å². The molecule has 78 valence electrons. The van der Waals surface area contributed by atoms with E-state index in [0.717, 1.165) is 5.69 Å². The Labute approximate surface area is 92.2 Å². The summed E-state index contributed by atoms with van der Waals surface area (Å²) in [7, 11) is 0. The highest BCUT2D eigenvalue weighted by atomic mass is 32.1. The Balaban J connectivity index is 2.37. The van der Waals surface area contributed by atoms with Crippen LogP contribution in [-0.4, -0.2) is 9.97 Å². The van der Waals surface area contributed by atoms with Crippen molar-refractivity contribution in [3.63, 3.8) is 0 Å². The summed E-state index contributed by atoms with van der Waals surface area (Å²) in [6.07, 6.45) is 5.05. The average molecular weight is 220 g/mol. The first-order chi connectivity index (χ1) is 7.33. The van der Waals surface area contributed by atoms with Gasteiger partial charge in [0, 0.05) is 17.3 Å². The van der Waals surface area contributed by atoms with E-state index in [9.17, 15) is 0 Å². The van der Waals surface area contributed by atoms with Gasteiger partial charge in [0.2, 0.25) is 0 Å². The molecule has 0 aliphatic rings. The first-order valence-corrected chi connectivity index (χ1v) is 5.47. The number of rotatable bonds is 3. The number of hydrogen-bond donors (Lipinski definition) is 2. The summed E-state index contributed by atoms with van der Waals surface area (Å²) in [5, 5.41) is 2.05. The second-order valence-corrected chi connectivity index (χ2v) is 4.15. The predicted molar refractivity (Wildman–Crippen MR) is 60.3 cm³/mol. The van der Waals surface area contributed by atoms with Crippen LogP contribution in [0.1, 0.15) is 22.2 Å². The molecule has 2 rings (SSSR count). The molecule has 0 spiro atoms. The molecule has 1 atom stereocenters. The lowest BCUT2D eigenvalue weighted by Crippen LogP contribution is -2.29. The molecule has 0 radical (unpaired) electrons. The van der Waals surface area contributed by atoms with Gasteiger partial charge in [0.05, 0.1) is 17.9 Å². The molecule has 2 aromatic heterocycles. The zero-order chi connectivity index (χ0) is 10.7.